The van der Waals surface area contributed by atoms with Crippen LogP contribution in [0.2, 0.25) is 0 Å². The molecule has 2 aromatic rings. The van der Waals surface area contributed by atoms with E-state index >= 15 is 0 Å². The van der Waals surface area contributed by atoms with Crippen molar-refractivity contribution in [3.8, 4) is 10.4 Å². The van der Waals surface area contributed by atoms with Crippen LogP contribution in [0, 0.1) is 5.92 Å². The van der Waals surface area contributed by atoms with Gasteiger partial charge in [-0.15, -0.1) is 11.3 Å². The standard InChI is InChI=1S/C16H20N4S/c1-11-15(12-4-6-20(11)7-5-12)19-16-17-9-13(10-18-16)14-3-2-8-21-14/h2-3,8-12,15H,4-7H2,1H3,(H,17,18,19). The third-order valence-corrected chi connectivity index (χ3v) is 5.85. The van der Waals surface area contributed by atoms with Gasteiger partial charge in [0.25, 0.3) is 0 Å². The summed E-state index contributed by atoms with van der Waals surface area (Å²) in [5.74, 6) is 1.53. The molecule has 2 unspecified atom stereocenters. The van der Waals surface area contributed by atoms with E-state index in [9.17, 15) is 0 Å². The van der Waals surface area contributed by atoms with Gasteiger partial charge in [0.05, 0.1) is 0 Å². The van der Waals surface area contributed by atoms with Gasteiger partial charge in [-0.25, -0.2) is 9.97 Å². The number of anilines is 1. The Bertz CT molecular complexity index is 585. The topological polar surface area (TPSA) is 41.1 Å². The van der Waals surface area contributed by atoms with Crippen LogP contribution in [0.25, 0.3) is 10.4 Å². The van der Waals surface area contributed by atoms with Gasteiger partial charge in [-0.05, 0) is 50.2 Å². The molecule has 0 saturated carbocycles. The Kier molecular flexibility index (Phi) is 3.39. The maximum atomic E-state index is 4.51. The minimum Gasteiger partial charge on any atom is -0.350 e. The molecule has 1 N–H and O–H groups in total. The molecule has 0 aromatic carbocycles. The van der Waals surface area contributed by atoms with Crippen LogP contribution in [0.4, 0.5) is 5.95 Å². The molecular weight excluding hydrogens is 280 g/mol. The molecule has 2 atom stereocenters. The first-order valence-corrected chi connectivity index (χ1v) is 8.56. The number of nitrogens with one attached hydrogen (secondary N) is 1. The number of fused-ring (bicyclic) bond motifs is 3. The van der Waals surface area contributed by atoms with Gasteiger partial charge in [0, 0.05) is 34.9 Å². The van der Waals surface area contributed by atoms with E-state index in [2.05, 4.69) is 44.6 Å². The Morgan fingerprint density at radius 1 is 1.24 bits per heavy atom. The highest BCUT2D eigenvalue weighted by molar-refractivity contribution is 7.13. The molecule has 5 heteroatoms. The SMILES string of the molecule is CC1C(Nc2ncc(-c3cccs3)cn2)C2CCN1CC2. The van der Waals surface area contributed by atoms with E-state index in [0.717, 1.165) is 17.4 Å². The Labute approximate surface area is 129 Å². The predicted octanol–water partition coefficient (Wildman–Crippen LogP) is 3.10. The third kappa shape index (κ3) is 2.45. The number of piperidine rings is 3. The largest absolute Gasteiger partial charge is 0.350 e. The molecule has 0 amide bonds. The summed E-state index contributed by atoms with van der Waals surface area (Å²) in [5, 5.41) is 5.65. The van der Waals surface area contributed by atoms with Crippen LogP contribution in [-0.2, 0) is 0 Å². The van der Waals surface area contributed by atoms with Crippen LogP contribution in [0.15, 0.2) is 29.9 Å². The average Bonchev–Trinajstić information content (AvgIpc) is 3.06. The summed E-state index contributed by atoms with van der Waals surface area (Å²) >= 11 is 1.72. The van der Waals surface area contributed by atoms with Crippen LogP contribution >= 0.6 is 11.3 Å². The van der Waals surface area contributed by atoms with E-state index in [4.69, 9.17) is 0 Å². The molecule has 0 aliphatic carbocycles. The number of rotatable bonds is 3. The first-order chi connectivity index (χ1) is 10.3. The Hall–Kier alpha value is -1.46. The molecule has 2 aromatic heterocycles. The maximum absolute atomic E-state index is 4.51. The minimum absolute atomic E-state index is 0.486. The van der Waals surface area contributed by atoms with Crippen LogP contribution < -0.4 is 5.32 Å². The van der Waals surface area contributed by atoms with Crippen molar-refractivity contribution in [3.63, 3.8) is 0 Å². The lowest BCUT2D eigenvalue weighted by molar-refractivity contribution is 0.0455. The fourth-order valence-corrected chi connectivity index (χ4v) is 4.37. The lowest BCUT2D eigenvalue weighted by Gasteiger charge is -2.49. The van der Waals surface area contributed by atoms with E-state index in [0.29, 0.717) is 12.1 Å². The minimum atomic E-state index is 0.486. The van der Waals surface area contributed by atoms with Gasteiger partial charge in [-0.2, -0.15) is 0 Å². The summed E-state index contributed by atoms with van der Waals surface area (Å²) in [6.45, 7) is 4.83. The fraction of sp³-hybridized carbons (Fsp3) is 0.500. The van der Waals surface area contributed by atoms with Crippen molar-refractivity contribution in [1.82, 2.24) is 14.9 Å². The third-order valence-electron chi connectivity index (χ3n) is 4.93. The van der Waals surface area contributed by atoms with Gasteiger partial charge in [-0.1, -0.05) is 6.07 Å². The highest BCUT2D eigenvalue weighted by atomic mass is 32.1. The number of nitrogens with zero attached hydrogens (tertiary/aromatic N) is 3. The number of thiophene rings is 1. The summed E-state index contributed by atoms with van der Waals surface area (Å²) in [6.07, 6.45) is 6.45. The first kappa shape index (κ1) is 13.2. The summed E-state index contributed by atoms with van der Waals surface area (Å²) in [5.41, 5.74) is 1.09. The zero-order valence-electron chi connectivity index (χ0n) is 12.2. The van der Waals surface area contributed by atoms with Gasteiger partial charge in [0.2, 0.25) is 5.95 Å². The molecule has 4 nitrogen and oxygen atoms in total. The van der Waals surface area contributed by atoms with Crippen LogP contribution in [0.3, 0.4) is 0 Å². The molecule has 5 rings (SSSR count). The summed E-state index contributed by atoms with van der Waals surface area (Å²) in [7, 11) is 0. The number of hydrogen-bond acceptors (Lipinski definition) is 5. The monoisotopic (exact) mass is 300 g/mol. The molecule has 0 spiro atoms. The lowest BCUT2D eigenvalue weighted by atomic mass is 9.79. The van der Waals surface area contributed by atoms with Crippen LogP contribution in [0.5, 0.6) is 0 Å². The maximum Gasteiger partial charge on any atom is 0.222 e. The fourth-order valence-electron chi connectivity index (χ4n) is 3.67. The van der Waals surface area contributed by atoms with Crippen molar-refractivity contribution >= 4 is 17.3 Å². The van der Waals surface area contributed by atoms with Crippen molar-refractivity contribution < 1.29 is 0 Å². The lowest BCUT2D eigenvalue weighted by Crippen LogP contribution is -2.59. The number of hydrogen-bond donors (Lipinski definition) is 1. The van der Waals surface area contributed by atoms with Crippen LogP contribution in [-0.4, -0.2) is 40.0 Å². The molecule has 21 heavy (non-hydrogen) atoms. The molecular formula is C16H20N4S. The summed E-state index contributed by atoms with van der Waals surface area (Å²) in [4.78, 5) is 12.8. The predicted molar refractivity (Wildman–Crippen MR) is 86.5 cm³/mol. The molecule has 3 aliphatic heterocycles. The van der Waals surface area contributed by atoms with Crippen molar-refractivity contribution in [2.24, 2.45) is 5.92 Å². The summed E-state index contributed by atoms with van der Waals surface area (Å²) < 4.78 is 0. The molecule has 2 bridgehead atoms. The van der Waals surface area contributed by atoms with Gasteiger partial charge < -0.3 is 5.32 Å². The molecule has 110 valence electrons. The van der Waals surface area contributed by atoms with Crippen molar-refractivity contribution in [2.45, 2.75) is 31.8 Å². The molecule has 3 aliphatic rings. The van der Waals surface area contributed by atoms with E-state index in [1.807, 2.05) is 12.4 Å². The smallest absolute Gasteiger partial charge is 0.222 e. The quantitative estimate of drug-likeness (QED) is 0.945. The van der Waals surface area contributed by atoms with Crippen molar-refractivity contribution in [2.75, 3.05) is 18.4 Å². The Morgan fingerprint density at radius 3 is 2.62 bits per heavy atom. The van der Waals surface area contributed by atoms with Gasteiger partial charge >= 0.3 is 0 Å². The number of aromatic nitrogens is 2. The average molecular weight is 300 g/mol. The molecule has 3 saturated heterocycles. The second-order valence-corrected chi connectivity index (χ2v) is 7.00. The highest BCUT2D eigenvalue weighted by Crippen LogP contribution is 2.33. The van der Waals surface area contributed by atoms with E-state index in [1.54, 1.807) is 11.3 Å². The molecule has 3 fully saturated rings. The summed E-state index contributed by atoms with van der Waals surface area (Å²) in [6, 6.07) is 5.23. The Balaban J connectivity index is 1.50. The zero-order valence-corrected chi connectivity index (χ0v) is 13.0. The van der Waals surface area contributed by atoms with Crippen molar-refractivity contribution in [3.05, 3.63) is 29.9 Å². The van der Waals surface area contributed by atoms with Crippen LogP contribution in [0.1, 0.15) is 19.8 Å². The van der Waals surface area contributed by atoms with Gasteiger partial charge in [0.1, 0.15) is 0 Å². The highest BCUT2D eigenvalue weighted by Gasteiger charge is 2.39. The van der Waals surface area contributed by atoms with E-state index < -0.39 is 0 Å². The Morgan fingerprint density at radius 2 is 2.00 bits per heavy atom. The second-order valence-electron chi connectivity index (χ2n) is 6.06. The zero-order chi connectivity index (χ0) is 14.2. The van der Waals surface area contributed by atoms with E-state index in [-0.39, 0.29) is 0 Å². The molecule has 5 heterocycles. The normalized spacial score (nSPS) is 31.3. The van der Waals surface area contributed by atoms with Crippen molar-refractivity contribution in [1.29, 1.82) is 0 Å². The second kappa shape index (κ2) is 5.39. The molecule has 0 radical (unpaired) electrons. The van der Waals surface area contributed by atoms with E-state index in [1.165, 1.54) is 30.8 Å². The van der Waals surface area contributed by atoms with Gasteiger partial charge in [-0.3, -0.25) is 4.90 Å². The first-order valence-electron chi connectivity index (χ1n) is 7.68. The van der Waals surface area contributed by atoms with Gasteiger partial charge in [0.15, 0.2) is 0 Å².